The molecule has 174 valence electrons. The van der Waals surface area contributed by atoms with Gasteiger partial charge in [-0.3, -0.25) is 9.69 Å². The molecule has 3 atom stereocenters. The topological polar surface area (TPSA) is 147 Å². The first-order valence-electron chi connectivity index (χ1n) is 10.8. The number of primary amides is 1. The molecule has 8 heteroatoms. The lowest BCUT2D eigenvalue weighted by Gasteiger charge is -2.51. The summed E-state index contributed by atoms with van der Waals surface area (Å²) in [6.45, 7) is 2.04. The minimum absolute atomic E-state index is 0.502. The van der Waals surface area contributed by atoms with Gasteiger partial charge in [0.05, 0.1) is 5.57 Å². The number of aryl methyl sites for hydroxylation is 1. The lowest BCUT2D eigenvalue weighted by Crippen LogP contribution is -2.65. The maximum atomic E-state index is 12.8. The van der Waals surface area contributed by atoms with Crippen LogP contribution in [0.2, 0.25) is 0 Å². The lowest BCUT2D eigenvalue weighted by atomic mass is 9.70. The maximum absolute atomic E-state index is 12.8. The molecule has 3 unspecified atom stereocenters. The number of carbonyl (C=O) groups excluding carboxylic acids is 1. The molecular formula is C25H29N3O5. The lowest BCUT2D eigenvalue weighted by molar-refractivity contribution is -0.138. The van der Waals surface area contributed by atoms with E-state index in [1.54, 1.807) is 0 Å². The number of fused-ring (bicyclic) bond motifs is 1. The molecule has 0 radical (unpaired) electrons. The van der Waals surface area contributed by atoms with Gasteiger partial charge in [-0.05, 0) is 42.1 Å². The Morgan fingerprint density at radius 3 is 2.30 bits per heavy atom. The van der Waals surface area contributed by atoms with Crippen LogP contribution in [-0.4, -0.2) is 46.0 Å². The predicted molar refractivity (Wildman–Crippen MR) is 123 cm³/mol. The number of nitrogens with zero attached hydrogens (tertiary/aromatic N) is 1. The fourth-order valence-electron chi connectivity index (χ4n) is 4.87. The van der Waals surface area contributed by atoms with Gasteiger partial charge in [0.25, 0.3) is 0 Å². The third kappa shape index (κ3) is 4.27. The Morgan fingerprint density at radius 1 is 1.09 bits per heavy atom. The monoisotopic (exact) mass is 451 g/mol. The molecule has 0 fully saturated rings. The van der Waals surface area contributed by atoms with Crippen LogP contribution in [0, 0.1) is 0 Å². The van der Waals surface area contributed by atoms with Gasteiger partial charge in [0, 0.05) is 12.0 Å². The minimum Gasteiger partial charge on any atom is -0.478 e. The number of hydrogen-bond acceptors (Lipinski definition) is 5. The molecule has 0 spiro atoms. The van der Waals surface area contributed by atoms with Crippen molar-refractivity contribution in [3.63, 3.8) is 0 Å². The van der Waals surface area contributed by atoms with Crippen LogP contribution >= 0.6 is 0 Å². The van der Waals surface area contributed by atoms with Crippen LogP contribution in [0.3, 0.4) is 0 Å². The Morgan fingerprint density at radius 2 is 1.76 bits per heavy atom. The molecule has 0 saturated heterocycles. The Labute approximate surface area is 192 Å². The molecular weight excluding hydrogens is 422 g/mol. The molecule has 0 saturated carbocycles. The van der Waals surface area contributed by atoms with Gasteiger partial charge >= 0.3 is 11.9 Å². The SMILES string of the molecule is CCCCc1cccc2c1C(N)(C(=CC(=O)O)C(=O)O)N(C)C(C(N)=O)C2c1ccccc1. The Bertz CT molecular complexity index is 1100. The zero-order valence-electron chi connectivity index (χ0n) is 18.7. The smallest absolute Gasteiger partial charge is 0.335 e. The average Bonchev–Trinajstić information content (AvgIpc) is 2.78. The second-order valence-electron chi connectivity index (χ2n) is 8.30. The van der Waals surface area contributed by atoms with Gasteiger partial charge in [0.1, 0.15) is 11.7 Å². The summed E-state index contributed by atoms with van der Waals surface area (Å²) in [5.74, 6) is -4.13. The number of carboxylic acid groups (broad SMARTS) is 2. The first kappa shape index (κ1) is 24.2. The summed E-state index contributed by atoms with van der Waals surface area (Å²) in [6.07, 6.45) is 2.95. The number of likely N-dealkylation sites (N-methyl/N-ethyl adjacent to an activating group) is 1. The molecule has 0 aromatic heterocycles. The second-order valence-corrected chi connectivity index (χ2v) is 8.30. The van der Waals surface area contributed by atoms with Crippen molar-refractivity contribution in [2.45, 2.75) is 43.8 Å². The number of benzene rings is 2. The third-order valence-electron chi connectivity index (χ3n) is 6.35. The summed E-state index contributed by atoms with van der Waals surface area (Å²) in [5.41, 5.74) is 13.1. The van der Waals surface area contributed by atoms with Crippen molar-refractivity contribution in [1.82, 2.24) is 4.90 Å². The summed E-state index contributed by atoms with van der Waals surface area (Å²) < 4.78 is 0. The number of hydrogen-bond donors (Lipinski definition) is 4. The van der Waals surface area contributed by atoms with E-state index in [0.29, 0.717) is 23.6 Å². The van der Waals surface area contributed by atoms with Crippen molar-refractivity contribution in [2.75, 3.05) is 7.05 Å². The van der Waals surface area contributed by atoms with E-state index < -0.39 is 41.0 Å². The van der Waals surface area contributed by atoms with Gasteiger partial charge in [-0.25, -0.2) is 9.59 Å². The largest absolute Gasteiger partial charge is 0.478 e. The van der Waals surface area contributed by atoms with Crippen LogP contribution < -0.4 is 11.5 Å². The Balaban J connectivity index is 2.44. The molecule has 3 rings (SSSR count). The highest BCUT2D eigenvalue weighted by Crippen LogP contribution is 2.48. The summed E-state index contributed by atoms with van der Waals surface area (Å²) in [4.78, 5) is 38.0. The van der Waals surface area contributed by atoms with Crippen molar-refractivity contribution in [3.8, 4) is 0 Å². The van der Waals surface area contributed by atoms with Crippen LogP contribution in [0.25, 0.3) is 0 Å². The number of unbranched alkanes of at least 4 members (excludes halogenated alkanes) is 1. The number of aliphatic carboxylic acids is 2. The van der Waals surface area contributed by atoms with Gasteiger partial charge in [-0.1, -0.05) is 61.9 Å². The average molecular weight is 452 g/mol. The normalized spacial score (nSPS) is 23.1. The summed E-state index contributed by atoms with van der Waals surface area (Å²) in [5, 5.41) is 19.4. The van der Waals surface area contributed by atoms with Crippen molar-refractivity contribution in [1.29, 1.82) is 0 Å². The summed E-state index contributed by atoms with van der Waals surface area (Å²) >= 11 is 0. The highest BCUT2D eigenvalue weighted by atomic mass is 16.4. The fraction of sp³-hybridized carbons (Fsp3) is 0.320. The quantitative estimate of drug-likeness (QED) is 0.450. The van der Waals surface area contributed by atoms with Crippen molar-refractivity contribution in [2.24, 2.45) is 11.5 Å². The summed E-state index contributed by atoms with van der Waals surface area (Å²) in [7, 11) is 1.52. The molecule has 2 aromatic carbocycles. The van der Waals surface area contributed by atoms with Crippen molar-refractivity contribution >= 4 is 17.8 Å². The van der Waals surface area contributed by atoms with E-state index >= 15 is 0 Å². The predicted octanol–water partition coefficient (Wildman–Crippen LogP) is 2.17. The molecule has 8 nitrogen and oxygen atoms in total. The first-order valence-corrected chi connectivity index (χ1v) is 10.8. The first-order chi connectivity index (χ1) is 15.6. The molecule has 1 aliphatic rings. The van der Waals surface area contributed by atoms with E-state index in [-0.39, 0.29) is 0 Å². The van der Waals surface area contributed by atoms with E-state index in [2.05, 4.69) is 0 Å². The fourth-order valence-corrected chi connectivity index (χ4v) is 4.87. The Kier molecular flexibility index (Phi) is 7.00. The van der Waals surface area contributed by atoms with Crippen LogP contribution in [0.5, 0.6) is 0 Å². The molecule has 1 amide bonds. The minimum atomic E-state index is -1.89. The molecule has 6 N–H and O–H groups in total. The molecule has 0 aliphatic carbocycles. The zero-order chi connectivity index (χ0) is 24.3. The number of carbonyl (C=O) groups is 3. The van der Waals surface area contributed by atoms with E-state index in [1.807, 2.05) is 55.5 Å². The number of nitrogens with two attached hydrogens (primary N) is 2. The molecule has 0 bridgehead atoms. The van der Waals surface area contributed by atoms with Gasteiger partial charge in [-0.2, -0.15) is 0 Å². The highest BCUT2D eigenvalue weighted by Gasteiger charge is 2.53. The number of rotatable bonds is 8. The van der Waals surface area contributed by atoms with Crippen LogP contribution in [0.15, 0.2) is 60.2 Å². The van der Waals surface area contributed by atoms with Gasteiger partial charge in [0.2, 0.25) is 5.91 Å². The third-order valence-corrected chi connectivity index (χ3v) is 6.35. The zero-order valence-corrected chi connectivity index (χ0v) is 18.7. The van der Waals surface area contributed by atoms with Gasteiger partial charge in [0.15, 0.2) is 0 Å². The van der Waals surface area contributed by atoms with Crippen LogP contribution in [0.1, 0.15) is 47.9 Å². The van der Waals surface area contributed by atoms with Crippen molar-refractivity contribution < 1.29 is 24.6 Å². The molecule has 33 heavy (non-hydrogen) atoms. The van der Waals surface area contributed by atoms with Crippen LogP contribution in [0.4, 0.5) is 0 Å². The van der Waals surface area contributed by atoms with Crippen LogP contribution in [-0.2, 0) is 26.5 Å². The van der Waals surface area contributed by atoms with E-state index in [0.717, 1.165) is 24.0 Å². The Hall–Kier alpha value is -3.49. The molecule has 1 aliphatic heterocycles. The van der Waals surface area contributed by atoms with E-state index in [4.69, 9.17) is 11.5 Å². The molecule has 1 heterocycles. The van der Waals surface area contributed by atoms with E-state index in [1.165, 1.54) is 11.9 Å². The second kappa shape index (κ2) is 9.56. The summed E-state index contributed by atoms with van der Waals surface area (Å²) in [6, 6.07) is 13.9. The van der Waals surface area contributed by atoms with E-state index in [9.17, 15) is 24.6 Å². The molecule has 2 aromatic rings. The maximum Gasteiger partial charge on any atom is 0.335 e. The highest BCUT2D eigenvalue weighted by molar-refractivity contribution is 5.97. The van der Waals surface area contributed by atoms with Gasteiger partial charge < -0.3 is 21.7 Å². The van der Waals surface area contributed by atoms with Crippen molar-refractivity contribution in [3.05, 3.63) is 82.4 Å². The number of carboxylic acids is 2. The number of amides is 1. The standard InChI is InChI=1S/C25H29N3O5/c1-3-4-9-16-12-8-13-17-20(15-10-6-5-7-11-15)22(23(26)31)28(2)25(27,21(16)17)18(24(32)33)14-19(29)30/h5-8,10-14,20,22H,3-4,9,27H2,1-2H3,(H2,26,31)(H,29,30)(H,32,33). The van der Waals surface area contributed by atoms with Gasteiger partial charge in [-0.15, -0.1) is 0 Å².